The van der Waals surface area contributed by atoms with Crippen LogP contribution in [0, 0.1) is 17.1 Å². The molecule has 0 aromatic heterocycles. The zero-order valence-corrected chi connectivity index (χ0v) is 11.1. The molecule has 0 radical (unpaired) electrons. The van der Waals surface area contributed by atoms with Gasteiger partial charge in [-0.2, -0.15) is 5.26 Å². The highest BCUT2D eigenvalue weighted by atomic mass is 19.1. The number of hydrogen-bond acceptors (Lipinski definition) is 4. The lowest BCUT2D eigenvalue weighted by Crippen LogP contribution is -2.06. The third-order valence-electron chi connectivity index (χ3n) is 2.81. The van der Waals surface area contributed by atoms with Gasteiger partial charge in [-0.1, -0.05) is 18.2 Å². The van der Waals surface area contributed by atoms with Crippen LogP contribution in [0.1, 0.15) is 5.56 Å². The molecule has 2 aromatic carbocycles. The second kappa shape index (κ2) is 7.06. The highest BCUT2D eigenvalue weighted by Gasteiger charge is 2.06. The van der Waals surface area contributed by atoms with Gasteiger partial charge in [0.15, 0.2) is 11.6 Å². The number of rotatable bonds is 6. The van der Waals surface area contributed by atoms with E-state index < -0.39 is 5.82 Å². The maximum atomic E-state index is 13.9. The molecule has 21 heavy (non-hydrogen) atoms. The average Bonchev–Trinajstić information content (AvgIpc) is 2.53. The largest absolute Gasteiger partial charge is 0.487 e. The SMILES string of the molecule is N#Cc1ccc(-c2ccc(OCCOC=O)c(F)c2)cc1. The molecular formula is C16H12FNO3. The van der Waals surface area contributed by atoms with E-state index in [0.717, 1.165) is 5.56 Å². The van der Waals surface area contributed by atoms with Crippen molar-refractivity contribution in [1.29, 1.82) is 5.26 Å². The Morgan fingerprint density at radius 3 is 2.43 bits per heavy atom. The van der Waals surface area contributed by atoms with E-state index in [1.165, 1.54) is 12.1 Å². The van der Waals surface area contributed by atoms with Gasteiger partial charge in [0.05, 0.1) is 11.6 Å². The van der Waals surface area contributed by atoms with E-state index in [1.807, 2.05) is 6.07 Å². The molecule has 0 unspecified atom stereocenters. The van der Waals surface area contributed by atoms with E-state index in [4.69, 9.17) is 10.00 Å². The molecule has 4 nitrogen and oxygen atoms in total. The van der Waals surface area contributed by atoms with Crippen LogP contribution in [0.15, 0.2) is 42.5 Å². The van der Waals surface area contributed by atoms with Crippen molar-refractivity contribution in [2.75, 3.05) is 13.2 Å². The molecule has 0 amide bonds. The zero-order valence-electron chi connectivity index (χ0n) is 11.1. The van der Waals surface area contributed by atoms with E-state index in [-0.39, 0.29) is 19.0 Å². The summed E-state index contributed by atoms with van der Waals surface area (Å²) in [6.45, 7) is 0.472. The van der Waals surface area contributed by atoms with Crippen LogP contribution in [0.3, 0.4) is 0 Å². The zero-order chi connectivity index (χ0) is 15.1. The topological polar surface area (TPSA) is 59.3 Å². The van der Waals surface area contributed by atoms with Gasteiger partial charge in [-0.05, 0) is 35.4 Å². The normalized spacial score (nSPS) is 9.71. The molecule has 0 atom stereocenters. The summed E-state index contributed by atoms with van der Waals surface area (Å²) < 4.78 is 23.5. The third kappa shape index (κ3) is 3.80. The van der Waals surface area contributed by atoms with Crippen LogP contribution >= 0.6 is 0 Å². The van der Waals surface area contributed by atoms with Crippen molar-refractivity contribution in [2.24, 2.45) is 0 Å². The summed E-state index contributed by atoms with van der Waals surface area (Å²) in [6, 6.07) is 13.5. The second-order valence-electron chi connectivity index (χ2n) is 4.15. The fourth-order valence-corrected chi connectivity index (χ4v) is 1.78. The molecule has 0 saturated carbocycles. The number of carbonyl (C=O) groups excluding carboxylic acids is 1. The summed E-state index contributed by atoms with van der Waals surface area (Å²) in [5.74, 6) is -0.398. The first-order valence-corrected chi connectivity index (χ1v) is 6.22. The molecule has 0 aliphatic rings. The van der Waals surface area contributed by atoms with Crippen molar-refractivity contribution in [3.05, 3.63) is 53.8 Å². The fraction of sp³-hybridized carbons (Fsp3) is 0.125. The monoisotopic (exact) mass is 285 g/mol. The van der Waals surface area contributed by atoms with Crippen LogP contribution in [-0.2, 0) is 9.53 Å². The maximum Gasteiger partial charge on any atom is 0.293 e. The number of halogens is 1. The van der Waals surface area contributed by atoms with Crippen molar-refractivity contribution in [2.45, 2.75) is 0 Å². The van der Waals surface area contributed by atoms with Crippen molar-refractivity contribution in [3.63, 3.8) is 0 Å². The predicted molar refractivity (Wildman–Crippen MR) is 74.1 cm³/mol. The molecule has 0 spiro atoms. The Kier molecular flexibility index (Phi) is 4.89. The first-order valence-electron chi connectivity index (χ1n) is 6.22. The van der Waals surface area contributed by atoms with Gasteiger partial charge in [0.25, 0.3) is 6.47 Å². The van der Waals surface area contributed by atoms with Crippen LogP contribution in [0.25, 0.3) is 11.1 Å². The molecule has 106 valence electrons. The minimum atomic E-state index is -0.497. The van der Waals surface area contributed by atoms with Crippen LogP contribution in [0.5, 0.6) is 5.75 Å². The summed E-state index contributed by atoms with van der Waals surface area (Å²) in [7, 11) is 0. The van der Waals surface area contributed by atoms with Crippen LogP contribution in [0.2, 0.25) is 0 Å². The molecule has 0 aliphatic carbocycles. The molecular weight excluding hydrogens is 273 g/mol. The highest BCUT2D eigenvalue weighted by Crippen LogP contribution is 2.25. The van der Waals surface area contributed by atoms with Crippen molar-refractivity contribution in [3.8, 4) is 22.9 Å². The predicted octanol–water partition coefficient (Wildman–Crippen LogP) is 2.92. The van der Waals surface area contributed by atoms with E-state index in [2.05, 4.69) is 4.74 Å². The Hall–Kier alpha value is -2.87. The molecule has 0 N–H and O–H groups in total. The molecule has 0 aliphatic heterocycles. The number of carbonyl (C=O) groups is 1. The standard InChI is InChI=1S/C16H12FNO3/c17-15-9-14(13-3-1-12(10-18)2-4-13)5-6-16(15)21-8-7-20-11-19/h1-6,9,11H,7-8H2. The van der Waals surface area contributed by atoms with E-state index >= 15 is 0 Å². The molecule has 0 heterocycles. The van der Waals surface area contributed by atoms with Crippen LogP contribution < -0.4 is 4.74 Å². The molecule has 2 aromatic rings. The summed E-state index contributed by atoms with van der Waals surface area (Å²) in [6.07, 6.45) is 0. The highest BCUT2D eigenvalue weighted by molar-refractivity contribution is 5.65. The quantitative estimate of drug-likeness (QED) is 0.605. The lowest BCUT2D eigenvalue weighted by Gasteiger charge is -2.08. The van der Waals surface area contributed by atoms with Crippen LogP contribution in [0.4, 0.5) is 4.39 Å². The lowest BCUT2D eigenvalue weighted by molar-refractivity contribution is -0.129. The van der Waals surface area contributed by atoms with Gasteiger partial charge < -0.3 is 9.47 Å². The van der Waals surface area contributed by atoms with Gasteiger partial charge in [0.2, 0.25) is 0 Å². The van der Waals surface area contributed by atoms with Crippen LogP contribution in [-0.4, -0.2) is 19.7 Å². The Morgan fingerprint density at radius 1 is 1.10 bits per heavy atom. The summed E-state index contributed by atoms with van der Waals surface area (Å²) in [5.41, 5.74) is 2.05. The Morgan fingerprint density at radius 2 is 1.81 bits per heavy atom. The van der Waals surface area contributed by atoms with E-state index in [9.17, 15) is 9.18 Å². The number of benzene rings is 2. The van der Waals surface area contributed by atoms with Gasteiger partial charge in [0.1, 0.15) is 13.2 Å². The first-order chi connectivity index (χ1) is 10.2. The molecule has 2 rings (SSSR count). The molecule has 0 fully saturated rings. The number of hydrogen-bond donors (Lipinski definition) is 0. The number of nitrogens with zero attached hydrogens (tertiary/aromatic N) is 1. The molecule has 5 heteroatoms. The number of ether oxygens (including phenoxy) is 2. The van der Waals surface area contributed by atoms with E-state index in [0.29, 0.717) is 17.6 Å². The smallest absolute Gasteiger partial charge is 0.293 e. The first kappa shape index (κ1) is 14.5. The average molecular weight is 285 g/mol. The van der Waals surface area contributed by atoms with Crippen molar-refractivity contribution in [1.82, 2.24) is 0 Å². The molecule has 0 saturated heterocycles. The van der Waals surface area contributed by atoms with Crippen molar-refractivity contribution >= 4 is 6.47 Å². The van der Waals surface area contributed by atoms with Gasteiger partial charge in [0, 0.05) is 0 Å². The molecule has 0 bridgehead atoms. The Bertz CT molecular complexity index is 662. The second-order valence-corrected chi connectivity index (χ2v) is 4.15. The minimum Gasteiger partial charge on any atom is -0.487 e. The summed E-state index contributed by atoms with van der Waals surface area (Å²) >= 11 is 0. The van der Waals surface area contributed by atoms with Gasteiger partial charge >= 0.3 is 0 Å². The van der Waals surface area contributed by atoms with Gasteiger partial charge in [-0.25, -0.2) is 4.39 Å². The minimum absolute atomic E-state index is 0.0698. The number of nitriles is 1. The Balaban J connectivity index is 2.10. The van der Waals surface area contributed by atoms with Gasteiger partial charge in [-0.3, -0.25) is 4.79 Å². The Labute approximate surface area is 121 Å². The third-order valence-corrected chi connectivity index (χ3v) is 2.81. The summed E-state index contributed by atoms with van der Waals surface area (Å²) in [5, 5.41) is 8.74. The maximum absolute atomic E-state index is 13.9. The lowest BCUT2D eigenvalue weighted by atomic mass is 10.0. The van der Waals surface area contributed by atoms with Gasteiger partial charge in [-0.15, -0.1) is 0 Å². The van der Waals surface area contributed by atoms with Crippen molar-refractivity contribution < 1.29 is 18.7 Å². The summed E-state index contributed by atoms with van der Waals surface area (Å²) in [4.78, 5) is 9.96. The fourth-order valence-electron chi connectivity index (χ4n) is 1.78. The van der Waals surface area contributed by atoms with E-state index in [1.54, 1.807) is 30.3 Å².